The van der Waals surface area contributed by atoms with E-state index < -0.39 is 38.9 Å². The molecular weight excluding hydrogens is 318 g/mol. The van der Waals surface area contributed by atoms with Crippen LogP contribution < -0.4 is 5.32 Å². The van der Waals surface area contributed by atoms with Gasteiger partial charge in [-0.3, -0.25) is 4.79 Å². The smallest absolute Gasteiger partial charge is 0.239 e. The van der Waals surface area contributed by atoms with Crippen LogP contribution >= 0.6 is 0 Å². The molecule has 2 rings (SSSR count). The topological polar surface area (TPSA) is 89.3 Å². The van der Waals surface area contributed by atoms with Crippen LogP contribution in [0.15, 0.2) is 28.8 Å². The molecule has 0 aliphatic carbocycles. The molecule has 0 bridgehead atoms. The van der Waals surface area contributed by atoms with Crippen molar-refractivity contribution >= 4 is 21.4 Å². The Kier molecular flexibility index (Phi) is 4.55. The molecule has 0 aliphatic heterocycles. The summed E-state index contributed by atoms with van der Waals surface area (Å²) in [5.41, 5.74) is 0.222. The van der Waals surface area contributed by atoms with Crippen molar-refractivity contribution in [2.45, 2.75) is 12.7 Å². The molecule has 1 amide bonds. The average molecular weight is 330 g/mol. The Morgan fingerprint density at radius 1 is 1.32 bits per heavy atom. The highest BCUT2D eigenvalue weighted by molar-refractivity contribution is 7.91. The molecule has 118 valence electrons. The summed E-state index contributed by atoms with van der Waals surface area (Å²) in [7, 11) is -3.80. The normalized spacial score (nSPS) is 11.4. The number of aryl methyl sites for hydroxylation is 1. The number of amides is 1. The Morgan fingerprint density at radius 2 is 2.05 bits per heavy atom. The number of nitrogens with one attached hydrogen (secondary N) is 1. The number of halogens is 2. The zero-order chi connectivity index (χ0) is 16.3. The summed E-state index contributed by atoms with van der Waals surface area (Å²) in [6.07, 6.45) is 0. The highest BCUT2D eigenvalue weighted by Gasteiger charge is 2.20. The number of sulfone groups is 1. The first-order valence-electron chi connectivity index (χ1n) is 6.13. The summed E-state index contributed by atoms with van der Waals surface area (Å²) in [5, 5.41) is 5.62. The second-order valence-corrected chi connectivity index (χ2v) is 6.70. The van der Waals surface area contributed by atoms with Crippen molar-refractivity contribution in [2.75, 3.05) is 11.1 Å². The summed E-state index contributed by atoms with van der Waals surface area (Å²) in [6, 6.07) is 3.98. The Labute approximate surface area is 125 Å². The third-order valence-electron chi connectivity index (χ3n) is 2.60. The van der Waals surface area contributed by atoms with Gasteiger partial charge in [0.2, 0.25) is 5.91 Å². The molecule has 0 spiro atoms. The van der Waals surface area contributed by atoms with Crippen molar-refractivity contribution in [2.24, 2.45) is 0 Å². The SMILES string of the molecule is Cc1cc(CS(=O)(=O)CC(=O)Nc2ccc(F)cc2F)on1. The quantitative estimate of drug-likeness (QED) is 0.903. The third kappa shape index (κ3) is 4.35. The van der Waals surface area contributed by atoms with Crippen LogP contribution in [0.5, 0.6) is 0 Å². The molecular formula is C13H12F2N2O4S. The molecule has 0 fully saturated rings. The van der Waals surface area contributed by atoms with Gasteiger partial charge in [0.05, 0.1) is 11.4 Å². The summed E-state index contributed by atoms with van der Waals surface area (Å²) in [4.78, 5) is 11.7. The van der Waals surface area contributed by atoms with E-state index in [2.05, 4.69) is 10.5 Å². The number of rotatable bonds is 5. The zero-order valence-corrected chi connectivity index (χ0v) is 12.3. The molecule has 2 aromatic rings. The van der Waals surface area contributed by atoms with Crippen LogP contribution in [-0.2, 0) is 20.4 Å². The van der Waals surface area contributed by atoms with Crippen LogP contribution in [0.1, 0.15) is 11.5 Å². The molecule has 1 N–H and O–H groups in total. The van der Waals surface area contributed by atoms with E-state index in [1.54, 1.807) is 6.92 Å². The lowest BCUT2D eigenvalue weighted by atomic mass is 10.3. The molecule has 1 aromatic heterocycles. The molecule has 0 unspecified atom stereocenters. The summed E-state index contributed by atoms with van der Waals surface area (Å²) in [6.45, 7) is 1.63. The number of carbonyl (C=O) groups excluding carboxylic acids is 1. The lowest BCUT2D eigenvalue weighted by molar-refractivity contribution is -0.113. The third-order valence-corrected chi connectivity index (χ3v) is 4.02. The van der Waals surface area contributed by atoms with E-state index in [0.717, 1.165) is 12.1 Å². The van der Waals surface area contributed by atoms with E-state index in [1.807, 2.05) is 0 Å². The van der Waals surface area contributed by atoms with Crippen molar-refractivity contribution in [3.8, 4) is 0 Å². The maximum absolute atomic E-state index is 13.4. The Balaban J connectivity index is 2.01. The fourth-order valence-electron chi connectivity index (χ4n) is 1.73. The van der Waals surface area contributed by atoms with Gasteiger partial charge in [0.1, 0.15) is 23.1 Å². The molecule has 22 heavy (non-hydrogen) atoms. The highest BCUT2D eigenvalue weighted by Crippen LogP contribution is 2.15. The lowest BCUT2D eigenvalue weighted by Gasteiger charge is -2.06. The van der Waals surface area contributed by atoms with Crippen molar-refractivity contribution in [3.63, 3.8) is 0 Å². The lowest BCUT2D eigenvalue weighted by Crippen LogP contribution is -2.24. The van der Waals surface area contributed by atoms with Gasteiger partial charge in [-0.15, -0.1) is 0 Å². The highest BCUT2D eigenvalue weighted by atomic mass is 32.2. The number of hydrogen-bond acceptors (Lipinski definition) is 5. The van der Waals surface area contributed by atoms with Crippen LogP contribution in [0, 0.1) is 18.6 Å². The maximum Gasteiger partial charge on any atom is 0.239 e. The predicted molar refractivity (Wildman–Crippen MR) is 73.7 cm³/mol. The summed E-state index contributed by atoms with van der Waals surface area (Å²) >= 11 is 0. The first-order chi connectivity index (χ1) is 10.2. The van der Waals surface area contributed by atoms with Crippen LogP contribution in [0.2, 0.25) is 0 Å². The number of aromatic nitrogens is 1. The number of carbonyl (C=O) groups is 1. The summed E-state index contributed by atoms with van der Waals surface area (Å²) in [5.74, 6) is -3.96. The van der Waals surface area contributed by atoms with Gasteiger partial charge in [0.15, 0.2) is 15.6 Å². The Hall–Kier alpha value is -2.29. The largest absolute Gasteiger partial charge is 0.360 e. The van der Waals surface area contributed by atoms with Crippen molar-refractivity contribution < 1.29 is 26.5 Å². The van der Waals surface area contributed by atoms with Crippen LogP contribution in [-0.4, -0.2) is 25.2 Å². The first-order valence-corrected chi connectivity index (χ1v) is 7.95. The number of benzene rings is 1. The van der Waals surface area contributed by atoms with Gasteiger partial charge in [-0.25, -0.2) is 17.2 Å². The van der Waals surface area contributed by atoms with Gasteiger partial charge >= 0.3 is 0 Å². The fraction of sp³-hybridized carbons (Fsp3) is 0.231. The average Bonchev–Trinajstić information content (AvgIpc) is 2.76. The van der Waals surface area contributed by atoms with Crippen molar-refractivity contribution in [1.82, 2.24) is 5.16 Å². The van der Waals surface area contributed by atoms with Gasteiger partial charge in [0, 0.05) is 12.1 Å². The second-order valence-electron chi connectivity index (χ2n) is 4.64. The van der Waals surface area contributed by atoms with Crippen LogP contribution in [0.4, 0.5) is 14.5 Å². The molecule has 9 heteroatoms. The first kappa shape index (κ1) is 16.1. The minimum Gasteiger partial charge on any atom is -0.360 e. The van der Waals surface area contributed by atoms with Gasteiger partial charge < -0.3 is 9.84 Å². The molecule has 0 atom stereocenters. The number of hydrogen-bond donors (Lipinski definition) is 1. The van der Waals surface area contributed by atoms with Gasteiger partial charge in [-0.2, -0.15) is 0 Å². The van der Waals surface area contributed by atoms with Gasteiger partial charge in [0.25, 0.3) is 0 Å². The zero-order valence-electron chi connectivity index (χ0n) is 11.5. The van der Waals surface area contributed by atoms with Crippen molar-refractivity contribution in [1.29, 1.82) is 0 Å². The van der Waals surface area contributed by atoms with Crippen molar-refractivity contribution in [3.05, 3.63) is 47.4 Å². The minimum atomic E-state index is -3.80. The molecule has 0 saturated heterocycles. The standard InChI is InChI=1S/C13H12F2N2O4S/c1-8-4-10(21-17-8)6-22(19,20)7-13(18)16-12-3-2-9(14)5-11(12)15/h2-5H,6-7H2,1H3,(H,16,18). The molecule has 1 aromatic carbocycles. The van der Waals surface area contributed by atoms with Gasteiger partial charge in [-0.05, 0) is 19.1 Å². The molecule has 1 heterocycles. The maximum atomic E-state index is 13.4. The Bertz CT molecular complexity index is 802. The number of nitrogens with zero attached hydrogens (tertiary/aromatic N) is 1. The van der Waals surface area contributed by atoms with E-state index in [-0.39, 0.29) is 11.4 Å². The molecule has 0 radical (unpaired) electrons. The molecule has 0 aliphatic rings. The second kappa shape index (κ2) is 6.22. The Morgan fingerprint density at radius 3 is 2.64 bits per heavy atom. The monoisotopic (exact) mass is 330 g/mol. The van der Waals surface area contributed by atoms with Gasteiger partial charge in [-0.1, -0.05) is 5.16 Å². The predicted octanol–water partition coefficient (Wildman–Crippen LogP) is 1.81. The molecule has 6 nitrogen and oxygen atoms in total. The van der Waals surface area contributed by atoms with Crippen LogP contribution in [0.25, 0.3) is 0 Å². The van der Waals surface area contributed by atoms with Crippen LogP contribution in [0.3, 0.4) is 0 Å². The molecule has 0 saturated carbocycles. The van der Waals surface area contributed by atoms with E-state index in [0.29, 0.717) is 11.8 Å². The minimum absolute atomic E-state index is 0.110. The van der Waals surface area contributed by atoms with E-state index >= 15 is 0 Å². The van der Waals surface area contributed by atoms with E-state index in [9.17, 15) is 22.0 Å². The number of anilines is 1. The van der Waals surface area contributed by atoms with E-state index in [4.69, 9.17) is 4.52 Å². The fourth-order valence-corrected chi connectivity index (χ4v) is 2.87. The van der Waals surface area contributed by atoms with E-state index in [1.165, 1.54) is 6.07 Å². The summed E-state index contributed by atoms with van der Waals surface area (Å²) < 4.78 is 54.6.